The standard InChI is InChI=1S/C20H25F2N3OS/c1-3-24(4-2)10-11-25-18-7-5-6-16(18)19(23-20(25)26)27-13-14-12-15(21)8-9-17(14)22/h8-9,12H,3-7,10-11,13H2,1-2H3. The molecule has 0 unspecified atom stereocenters. The minimum absolute atomic E-state index is 0.245. The van der Waals surface area contributed by atoms with Crippen molar-refractivity contribution in [2.75, 3.05) is 19.6 Å². The minimum atomic E-state index is -0.461. The molecule has 3 rings (SSSR count). The first kappa shape index (κ1) is 20.0. The first-order valence-corrected chi connectivity index (χ1v) is 10.4. The van der Waals surface area contributed by atoms with Gasteiger partial charge in [0.2, 0.25) is 0 Å². The van der Waals surface area contributed by atoms with Gasteiger partial charge in [0.15, 0.2) is 0 Å². The summed E-state index contributed by atoms with van der Waals surface area (Å²) < 4.78 is 29.0. The lowest BCUT2D eigenvalue weighted by Crippen LogP contribution is -2.33. The van der Waals surface area contributed by atoms with Crippen molar-refractivity contribution in [3.05, 3.63) is 57.1 Å². The highest BCUT2D eigenvalue weighted by Gasteiger charge is 2.22. The Labute approximate surface area is 162 Å². The number of thioether (sulfide) groups is 1. The molecular weight excluding hydrogens is 368 g/mol. The van der Waals surface area contributed by atoms with E-state index < -0.39 is 11.6 Å². The predicted molar refractivity (Wildman–Crippen MR) is 104 cm³/mol. The molecule has 0 atom stereocenters. The van der Waals surface area contributed by atoms with Crippen LogP contribution >= 0.6 is 11.8 Å². The van der Waals surface area contributed by atoms with Crippen molar-refractivity contribution in [3.63, 3.8) is 0 Å². The summed E-state index contributed by atoms with van der Waals surface area (Å²) in [4.78, 5) is 19.2. The smallest absolute Gasteiger partial charge is 0.302 e. The Hall–Kier alpha value is -1.73. The number of fused-ring (bicyclic) bond motifs is 1. The van der Waals surface area contributed by atoms with Crippen molar-refractivity contribution in [1.29, 1.82) is 0 Å². The largest absolute Gasteiger partial charge is 0.348 e. The number of likely N-dealkylation sites (N-methyl/N-ethyl adjacent to an activating group) is 1. The molecule has 1 aliphatic rings. The minimum Gasteiger partial charge on any atom is -0.302 e. The Morgan fingerprint density at radius 2 is 2.00 bits per heavy atom. The molecule has 0 radical (unpaired) electrons. The number of rotatable bonds is 8. The normalized spacial score (nSPS) is 13.4. The Morgan fingerprint density at radius 3 is 2.74 bits per heavy atom. The van der Waals surface area contributed by atoms with E-state index in [2.05, 4.69) is 23.7 Å². The summed E-state index contributed by atoms with van der Waals surface area (Å²) in [6.45, 7) is 7.59. The third-order valence-electron chi connectivity index (χ3n) is 5.11. The molecule has 0 spiro atoms. The van der Waals surface area contributed by atoms with Crippen molar-refractivity contribution in [3.8, 4) is 0 Å². The van der Waals surface area contributed by atoms with Crippen molar-refractivity contribution < 1.29 is 8.78 Å². The average molecular weight is 394 g/mol. The molecule has 1 aliphatic carbocycles. The van der Waals surface area contributed by atoms with Crippen LogP contribution in [0.5, 0.6) is 0 Å². The highest BCUT2D eigenvalue weighted by Crippen LogP contribution is 2.31. The fraction of sp³-hybridized carbons (Fsp3) is 0.500. The van der Waals surface area contributed by atoms with Crippen LogP contribution in [-0.2, 0) is 25.1 Å². The van der Waals surface area contributed by atoms with Gasteiger partial charge >= 0.3 is 5.69 Å². The van der Waals surface area contributed by atoms with Gasteiger partial charge in [0.1, 0.15) is 16.7 Å². The van der Waals surface area contributed by atoms with Crippen LogP contribution < -0.4 is 5.69 Å². The molecule has 0 N–H and O–H groups in total. The van der Waals surface area contributed by atoms with Crippen molar-refractivity contribution in [2.45, 2.75) is 50.4 Å². The molecule has 1 heterocycles. The zero-order valence-electron chi connectivity index (χ0n) is 15.8. The molecule has 146 valence electrons. The summed E-state index contributed by atoms with van der Waals surface area (Å²) in [5, 5.41) is 0.662. The van der Waals surface area contributed by atoms with Crippen LogP contribution in [0, 0.1) is 11.6 Å². The SMILES string of the molecule is CCN(CC)CCn1c2c(c(SCc3cc(F)ccc3F)nc1=O)CCC2. The lowest BCUT2D eigenvalue weighted by molar-refractivity contribution is 0.286. The van der Waals surface area contributed by atoms with Crippen LogP contribution in [0.2, 0.25) is 0 Å². The van der Waals surface area contributed by atoms with Crippen LogP contribution in [-0.4, -0.2) is 34.1 Å². The van der Waals surface area contributed by atoms with E-state index in [-0.39, 0.29) is 11.4 Å². The highest BCUT2D eigenvalue weighted by molar-refractivity contribution is 7.98. The Morgan fingerprint density at radius 1 is 1.22 bits per heavy atom. The third kappa shape index (κ3) is 4.58. The lowest BCUT2D eigenvalue weighted by Gasteiger charge is -2.20. The fourth-order valence-corrected chi connectivity index (χ4v) is 4.57. The van der Waals surface area contributed by atoms with E-state index in [4.69, 9.17) is 0 Å². The van der Waals surface area contributed by atoms with Gasteiger partial charge in [-0.3, -0.25) is 4.57 Å². The van der Waals surface area contributed by atoms with Gasteiger partial charge in [-0.2, -0.15) is 4.98 Å². The number of halogens is 2. The second-order valence-electron chi connectivity index (χ2n) is 6.68. The maximum Gasteiger partial charge on any atom is 0.348 e. The number of hydrogen-bond acceptors (Lipinski definition) is 4. The summed E-state index contributed by atoms with van der Waals surface area (Å²) in [5.74, 6) is -0.642. The van der Waals surface area contributed by atoms with E-state index in [0.717, 1.165) is 62.3 Å². The van der Waals surface area contributed by atoms with E-state index in [1.807, 2.05) is 0 Å². The summed E-state index contributed by atoms with van der Waals surface area (Å²) >= 11 is 1.32. The molecule has 0 aliphatic heterocycles. The first-order chi connectivity index (χ1) is 13.0. The molecule has 0 amide bonds. The molecular formula is C20H25F2N3OS. The van der Waals surface area contributed by atoms with Gasteiger partial charge in [-0.1, -0.05) is 13.8 Å². The Kier molecular flexibility index (Phi) is 6.65. The maximum atomic E-state index is 13.9. The van der Waals surface area contributed by atoms with Crippen molar-refractivity contribution in [1.82, 2.24) is 14.5 Å². The van der Waals surface area contributed by atoms with Crippen LogP contribution in [0.3, 0.4) is 0 Å². The fourth-order valence-electron chi connectivity index (χ4n) is 3.52. The van der Waals surface area contributed by atoms with Crippen LogP contribution in [0.25, 0.3) is 0 Å². The monoisotopic (exact) mass is 393 g/mol. The Bertz CT molecular complexity index is 865. The van der Waals surface area contributed by atoms with Gasteiger partial charge in [-0.15, -0.1) is 11.8 Å². The van der Waals surface area contributed by atoms with Crippen LogP contribution in [0.15, 0.2) is 28.0 Å². The molecule has 2 aromatic rings. The van der Waals surface area contributed by atoms with Gasteiger partial charge in [-0.25, -0.2) is 13.6 Å². The average Bonchev–Trinajstić information content (AvgIpc) is 3.14. The zero-order valence-corrected chi connectivity index (χ0v) is 16.6. The van der Waals surface area contributed by atoms with Crippen LogP contribution in [0.1, 0.15) is 37.1 Å². The summed E-state index contributed by atoms with van der Waals surface area (Å²) in [6.07, 6.45) is 2.74. The van der Waals surface area contributed by atoms with E-state index in [1.54, 1.807) is 4.57 Å². The molecule has 1 aromatic heterocycles. The molecule has 0 saturated heterocycles. The van der Waals surface area contributed by atoms with Crippen molar-refractivity contribution in [2.24, 2.45) is 0 Å². The Balaban J connectivity index is 1.81. The predicted octanol–water partition coefficient (Wildman–Crippen LogP) is 3.64. The van der Waals surface area contributed by atoms with E-state index >= 15 is 0 Å². The van der Waals surface area contributed by atoms with E-state index in [1.165, 1.54) is 17.8 Å². The molecule has 0 bridgehead atoms. The molecule has 0 saturated carbocycles. The molecule has 1 aromatic carbocycles. The summed E-state index contributed by atoms with van der Waals surface area (Å²) in [7, 11) is 0. The highest BCUT2D eigenvalue weighted by atomic mass is 32.2. The van der Waals surface area contributed by atoms with Crippen molar-refractivity contribution >= 4 is 11.8 Å². The quantitative estimate of drug-likeness (QED) is 0.507. The second kappa shape index (κ2) is 8.97. The maximum absolute atomic E-state index is 13.9. The molecule has 4 nitrogen and oxygen atoms in total. The first-order valence-electron chi connectivity index (χ1n) is 9.45. The summed E-state index contributed by atoms with van der Waals surface area (Å²) in [5.41, 5.74) is 2.20. The van der Waals surface area contributed by atoms with Gasteiger partial charge in [0, 0.05) is 35.7 Å². The molecule has 0 fully saturated rings. The number of hydrogen-bond donors (Lipinski definition) is 0. The summed E-state index contributed by atoms with van der Waals surface area (Å²) in [6, 6.07) is 3.44. The molecule has 7 heteroatoms. The van der Waals surface area contributed by atoms with Crippen LogP contribution in [0.4, 0.5) is 8.78 Å². The van der Waals surface area contributed by atoms with Gasteiger partial charge < -0.3 is 4.90 Å². The second-order valence-corrected chi connectivity index (χ2v) is 7.65. The topological polar surface area (TPSA) is 38.1 Å². The van der Waals surface area contributed by atoms with E-state index in [9.17, 15) is 13.6 Å². The van der Waals surface area contributed by atoms with E-state index in [0.29, 0.717) is 17.1 Å². The third-order valence-corrected chi connectivity index (χ3v) is 6.17. The number of nitrogens with zero attached hydrogens (tertiary/aromatic N) is 3. The van der Waals surface area contributed by atoms with Gasteiger partial charge in [0.25, 0.3) is 0 Å². The molecule has 27 heavy (non-hydrogen) atoms. The van der Waals surface area contributed by atoms with Gasteiger partial charge in [0.05, 0.1) is 0 Å². The van der Waals surface area contributed by atoms with Gasteiger partial charge in [-0.05, 0) is 50.6 Å². The number of aromatic nitrogens is 2. The lowest BCUT2D eigenvalue weighted by atomic mass is 10.2. The zero-order chi connectivity index (χ0) is 19.4. The number of benzene rings is 1.